The van der Waals surface area contributed by atoms with Gasteiger partial charge >= 0.3 is 12.3 Å². The van der Waals surface area contributed by atoms with Crippen molar-refractivity contribution in [3.05, 3.63) is 130 Å². The summed E-state index contributed by atoms with van der Waals surface area (Å²) in [5.74, 6) is 0.278. The average Bonchev–Trinajstić information content (AvgIpc) is 4.14. The Morgan fingerprint density at radius 1 is 0.818 bits per heavy atom. The van der Waals surface area contributed by atoms with Crippen LogP contribution in [-0.2, 0) is 58.9 Å². The van der Waals surface area contributed by atoms with Gasteiger partial charge in [-0.05, 0) is 119 Å². The largest absolute Gasteiger partial charge is 0.491 e. The number of thiazole rings is 1. The van der Waals surface area contributed by atoms with Crippen LogP contribution in [0.4, 0.5) is 29.5 Å². The van der Waals surface area contributed by atoms with E-state index in [1.807, 2.05) is 12.3 Å². The number of anilines is 2. The molecule has 1 saturated carbocycles. The number of rotatable bonds is 26. The molecule has 4 amide bonds. The van der Waals surface area contributed by atoms with Gasteiger partial charge in [-0.15, -0.1) is 11.3 Å². The van der Waals surface area contributed by atoms with Crippen molar-refractivity contribution in [2.45, 2.75) is 122 Å². The molecule has 2 fully saturated rings. The van der Waals surface area contributed by atoms with E-state index in [2.05, 4.69) is 15.4 Å². The summed E-state index contributed by atoms with van der Waals surface area (Å²) in [6.45, 7) is 10.6. The molecule has 9 rings (SSSR count). The number of carbonyl (C=O) groups is 5. The fourth-order valence-corrected chi connectivity index (χ4v) is 11.8. The second-order valence-electron chi connectivity index (χ2n) is 23.1. The smallest absolute Gasteiger partial charge is 0.416 e. The molecule has 0 bridgehead atoms. The third-order valence-corrected chi connectivity index (χ3v) is 16.6. The minimum Gasteiger partial charge on any atom is -0.491 e. The highest BCUT2D eigenvalue weighted by Crippen LogP contribution is 2.39. The number of halogens is 3. The molecule has 1 saturated heterocycles. The predicted octanol–water partition coefficient (Wildman–Crippen LogP) is 10.3. The monoisotopic (exact) mass is 1240 g/mol. The van der Waals surface area contributed by atoms with Crippen LogP contribution in [0.2, 0.25) is 0 Å². The van der Waals surface area contributed by atoms with Crippen LogP contribution in [0.5, 0.6) is 17.2 Å². The van der Waals surface area contributed by atoms with E-state index < -0.39 is 41.4 Å². The number of nitrogens with zero attached hydrogens (tertiary/aromatic N) is 7. The second kappa shape index (κ2) is 29.4. The number of likely N-dealkylation sites (tertiary alicyclic amines) is 1. The highest BCUT2D eigenvalue weighted by atomic mass is 32.1. The Labute approximate surface area is 513 Å². The van der Waals surface area contributed by atoms with Crippen molar-refractivity contribution in [1.29, 1.82) is 0 Å². The third-order valence-electron chi connectivity index (χ3n) is 15.6. The van der Waals surface area contributed by atoms with Gasteiger partial charge in [0, 0.05) is 60.3 Å². The van der Waals surface area contributed by atoms with Crippen LogP contribution in [0.15, 0.2) is 96.8 Å². The molecular weight excluding hydrogens is 1160 g/mol. The van der Waals surface area contributed by atoms with Crippen molar-refractivity contribution < 1.29 is 65.6 Å². The van der Waals surface area contributed by atoms with Crippen LogP contribution < -0.4 is 25.4 Å². The summed E-state index contributed by atoms with van der Waals surface area (Å²) in [6.07, 6.45) is 6.50. The molecular formula is C64H76F3N9O11S. The van der Waals surface area contributed by atoms with Gasteiger partial charge in [-0.3, -0.25) is 28.8 Å². The maximum absolute atomic E-state index is 14.5. The van der Waals surface area contributed by atoms with Crippen molar-refractivity contribution in [3.63, 3.8) is 0 Å². The van der Waals surface area contributed by atoms with Gasteiger partial charge < -0.3 is 49.3 Å². The molecule has 1 aliphatic carbocycles. The highest BCUT2D eigenvalue weighted by molar-refractivity contribution is 7.10. The zero-order chi connectivity index (χ0) is 62.5. The summed E-state index contributed by atoms with van der Waals surface area (Å²) < 4.78 is 76.3. The number of hydrogen-bond donors (Lipinski definition) is 2. The van der Waals surface area contributed by atoms with Crippen LogP contribution in [0.25, 0.3) is 11.1 Å². The number of nitrogens with two attached hydrogens (primary N) is 1. The molecule has 3 N–H and O–H groups in total. The van der Waals surface area contributed by atoms with Crippen molar-refractivity contribution in [2.75, 3.05) is 77.0 Å². The average molecular weight is 1240 g/mol. The third kappa shape index (κ3) is 17.0. The van der Waals surface area contributed by atoms with Crippen LogP contribution in [0, 0.1) is 5.92 Å². The van der Waals surface area contributed by atoms with Gasteiger partial charge in [0.25, 0.3) is 0 Å². The zero-order valence-corrected chi connectivity index (χ0v) is 51.0. The fourth-order valence-electron chi connectivity index (χ4n) is 10.9. The van der Waals surface area contributed by atoms with Crippen molar-refractivity contribution in [3.8, 4) is 28.4 Å². The van der Waals surface area contributed by atoms with Crippen molar-refractivity contribution in [2.24, 2.45) is 5.92 Å². The number of benzene rings is 3. The molecule has 20 nitrogen and oxygen atoms in total. The Morgan fingerprint density at radius 2 is 1.56 bits per heavy atom. The number of nitrogen functional groups attached to an aromatic ring is 1. The molecule has 6 aromatic rings. The Balaban J connectivity index is 0.655. The minimum absolute atomic E-state index is 0.0490. The summed E-state index contributed by atoms with van der Waals surface area (Å²) in [7, 11) is 1.51. The SMILES string of the molecule is C[C@@H](C(=O)N[C@H](C(=O)N1CCC[C@H]1c1nc(C(=O)c2cccc(OCCOCCOCCOCCn3cc(-c4cnc(N)c(Oc5ccc6c(c5)CCN6C(=O)Cc5cccc(C(F)(F)F)c5)c4)cn3)c2)cs1)C1CCCCC1)N(C)C(=O)OC(C)(C)C. The van der Waals surface area contributed by atoms with E-state index in [0.29, 0.717) is 106 Å². The number of hydrogen-bond acceptors (Lipinski definition) is 16. The zero-order valence-electron chi connectivity index (χ0n) is 50.2. The van der Waals surface area contributed by atoms with Gasteiger partial charge in [0.2, 0.25) is 23.5 Å². The van der Waals surface area contributed by atoms with Crippen LogP contribution >= 0.6 is 11.3 Å². The molecule has 470 valence electrons. The maximum Gasteiger partial charge on any atom is 0.416 e. The Morgan fingerprint density at radius 3 is 2.31 bits per heavy atom. The van der Waals surface area contributed by atoms with E-state index in [1.54, 1.807) is 102 Å². The van der Waals surface area contributed by atoms with Gasteiger partial charge in [0.05, 0.1) is 70.4 Å². The van der Waals surface area contributed by atoms with Crippen LogP contribution in [0.1, 0.15) is 116 Å². The molecule has 2 aliphatic heterocycles. The van der Waals surface area contributed by atoms with E-state index in [-0.39, 0.29) is 59.7 Å². The van der Waals surface area contributed by atoms with Gasteiger partial charge in [0.15, 0.2) is 11.6 Å². The van der Waals surface area contributed by atoms with E-state index >= 15 is 0 Å². The number of ketones is 1. The highest BCUT2D eigenvalue weighted by Gasteiger charge is 2.41. The Kier molecular flexibility index (Phi) is 21.5. The number of alkyl halides is 3. The molecule has 5 heterocycles. The number of nitrogens with one attached hydrogen (secondary N) is 1. The number of likely N-dealkylation sites (N-methyl/N-ethyl adjacent to an activating group) is 1. The first kappa shape index (κ1) is 64.5. The number of aromatic nitrogens is 4. The Bertz CT molecular complexity index is 3400. The number of pyridine rings is 1. The normalized spacial score (nSPS) is 16.0. The topological polar surface area (TPSA) is 232 Å². The maximum atomic E-state index is 14.5. The first-order valence-electron chi connectivity index (χ1n) is 29.8. The quantitative estimate of drug-likeness (QED) is 0.0380. The lowest BCUT2D eigenvalue weighted by molar-refractivity contribution is -0.140. The summed E-state index contributed by atoms with van der Waals surface area (Å²) in [5, 5.41) is 9.89. The molecule has 0 unspecified atom stereocenters. The molecule has 3 aromatic carbocycles. The lowest BCUT2D eigenvalue weighted by Crippen LogP contribution is -2.56. The predicted molar refractivity (Wildman–Crippen MR) is 323 cm³/mol. The van der Waals surface area contributed by atoms with Gasteiger partial charge in [-0.1, -0.05) is 49.6 Å². The summed E-state index contributed by atoms with van der Waals surface area (Å²) in [6, 6.07) is 16.8. The van der Waals surface area contributed by atoms with E-state index in [1.165, 1.54) is 35.4 Å². The van der Waals surface area contributed by atoms with Crippen LogP contribution in [0.3, 0.4) is 0 Å². The molecule has 3 atom stereocenters. The second-order valence-corrected chi connectivity index (χ2v) is 24.0. The number of ether oxygens (including phenoxy) is 6. The fraction of sp³-hybridized carbons (Fsp3) is 0.469. The number of amides is 4. The van der Waals surface area contributed by atoms with Crippen molar-refractivity contribution >= 4 is 52.4 Å². The van der Waals surface area contributed by atoms with E-state index in [9.17, 15) is 37.1 Å². The lowest BCUT2D eigenvalue weighted by atomic mass is 9.83. The molecule has 3 aromatic heterocycles. The van der Waals surface area contributed by atoms with Crippen molar-refractivity contribution in [1.82, 2.24) is 34.9 Å². The molecule has 0 radical (unpaired) electrons. The van der Waals surface area contributed by atoms with Gasteiger partial charge in [-0.2, -0.15) is 18.3 Å². The van der Waals surface area contributed by atoms with Crippen LogP contribution in [-0.4, -0.2) is 143 Å². The standard InChI is InChI=1S/C64H76F3N9O11S/c1-41(73(5)62(81)87-63(2,3)4)59(79)72-56(43-13-7-6-8-14-43)61(80)76-22-11-18-53(76)60-71-51(40-88-60)57(78)45-15-10-17-49(35-45)85-31-30-84-29-28-83-27-26-82-25-24-74-39-47(38-70-74)46-36-54(58(68)69-37-46)86-50-19-20-52-44(34-50)21-23-75(52)55(77)33-42-12-9-16-48(32-42)64(65,66)67/h9-10,12,15-17,19-20,32,34-41,43,53,56H,6-8,11,13-14,18,21-31,33H2,1-5H3,(H2,68,69)(H,72,79)/t41-,53-,56-/m0/s1. The number of fused-ring (bicyclic) bond motifs is 1. The molecule has 88 heavy (non-hydrogen) atoms. The Hall–Kier alpha value is -7.93. The first-order chi connectivity index (χ1) is 42.2. The minimum atomic E-state index is -4.50. The lowest BCUT2D eigenvalue weighted by Gasteiger charge is -2.36. The summed E-state index contributed by atoms with van der Waals surface area (Å²) in [5.41, 5.74) is 8.71. The first-order valence-corrected chi connectivity index (χ1v) is 30.7. The number of carbonyl (C=O) groups excluding carboxylic acids is 5. The van der Waals surface area contributed by atoms with E-state index in [4.69, 9.17) is 39.1 Å². The van der Waals surface area contributed by atoms with E-state index in [0.717, 1.165) is 67.3 Å². The molecule has 0 spiro atoms. The summed E-state index contributed by atoms with van der Waals surface area (Å²) >= 11 is 1.34. The molecule has 3 aliphatic rings. The van der Waals surface area contributed by atoms with Gasteiger partial charge in [-0.25, -0.2) is 14.8 Å². The summed E-state index contributed by atoms with van der Waals surface area (Å²) in [4.78, 5) is 81.8. The molecule has 24 heteroatoms. The van der Waals surface area contributed by atoms with Gasteiger partial charge in [0.1, 0.15) is 46.5 Å².